The molecule has 1 N–H and O–H groups in total. The van der Waals surface area contributed by atoms with Crippen molar-refractivity contribution in [1.82, 2.24) is 34.7 Å². The quantitative estimate of drug-likeness (QED) is 0.421. The number of piperazine rings is 1. The molecule has 4 aromatic heterocycles. The average Bonchev–Trinajstić information content (AvgIpc) is 3.67. The molecular formula is C25H32N8O2S. The van der Waals surface area contributed by atoms with E-state index >= 15 is 0 Å². The van der Waals surface area contributed by atoms with Crippen molar-refractivity contribution in [3.05, 3.63) is 30.4 Å². The molecule has 0 atom stereocenters. The van der Waals surface area contributed by atoms with E-state index in [1.807, 2.05) is 18.5 Å². The van der Waals surface area contributed by atoms with Gasteiger partial charge in [0.1, 0.15) is 22.0 Å². The summed E-state index contributed by atoms with van der Waals surface area (Å²) in [6.07, 6.45) is 7.80. The number of fused-ring (bicyclic) bond motifs is 1. The molecule has 0 unspecified atom stereocenters. The largest absolute Gasteiger partial charge is 0.493 e. The summed E-state index contributed by atoms with van der Waals surface area (Å²) in [6, 6.07) is 2.66. The highest BCUT2D eigenvalue weighted by atomic mass is 32.1. The molecule has 0 radical (unpaired) electrons. The van der Waals surface area contributed by atoms with E-state index in [1.54, 1.807) is 23.0 Å². The van der Waals surface area contributed by atoms with Crippen molar-refractivity contribution in [3.63, 3.8) is 0 Å². The maximum Gasteiger partial charge on any atom is 0.197 e. The SMILES string of the molecule is COc1cc(-c2[nH]nc(-c3ncc(N4CCN(C5CCOCC5)CC4)s3)c2C(C)C)cn2ncnc12. The van der Waals surface area contributed by atoms with Gasteiger partial charge in [0.05, 0.1) is 19.0 Å². The molecule has 2 aliphatic heterocycles. The molecule has 6 rings (SSSR count). The number of nitrogens with zero attached hydrogens (tertiary/aromatic N) is 7. The van der Waals surface area contributed by atoms with Crippen molar-refractivity contribution >= 4 is 22.0 Å². The molecule has 2 fully saturated rings. The molecule has 0 saturated carbocycles. The van der Waals surface area contributed by atoms with Gasteiger partial charge in [0.15, 0.2) is 11.4 Å². The Labute approximate surface area is 214 Å². The topological polar surface area (TPSA) is 96.7 Å². The van der Waals surface area contributed by atoms with E-state index in [0.29, 0.717) is 17.4 Å². The standard InChI is InChI=1S/C25H32N8O2S/c1-16(2)21-22(17-12-19(34-3)24-27-15-28-33(24)14-17)29-30-23(21)25-26-13-20(36-25)32-8-6-31(7-9-32)18-4-10-35-11-5-18/h12-16,18H,4-11H2,1-3H3,(H,29,30). The summed E-state index contributed by atoms with van der Waals surface area (Å²) in [5.41, 5.74) is 4.65. The predicted molar refractivity (Wildman–Crippen MR) is 140 cm³/mol. The van der Waals surface area contributed by atoms with Gasteiger partial charge in [-0.25, -0.2) is 14.5 Å². The fraction of sp³-hybridized carbons (Fsp3) is 0.520. The number of hydrogen-bond acceptors (Lipinski definition) is 9. The van der Waals surface area contributed by atoms with Gasteiger partial charge in [0.25, 0.3) is 0 Å². The zero-order valence-corrected chi connectivity index (χ0v) is 21.8. The Kier molecular flexibility index (Phi) is 6.36. The lowest BCUT2D eigenvalue weighted by atomic mass is 9.97. The number of nitrogens with one attached hydrogen (secondary N) is 1. The third-order valence-electron chi connectivity index (χ3n) is 7.26. The van der Waals surface area contributed by atoms with Crippen molar-refractivity contribution in [2.24, 2.45) is 0 Å². The van der Waals surface area contributed by atoms with Gasteiger partial charge in [-0.05, 0) is 24.8 Å². The summed E-state index contributed by atoms with van der Waals surface area (Å²) in [5.74, 6) is 0.925. The number of H-pyrrole nitrogens is 1. The lowest BCUT2D eigenvalue weighted by molar-refractivity contribution is 0.0322. The van der Waals surface area contributed by atoms with Gasteiger partial charge in [-0.15, -0.1) is 0 Å². The summed E-state index contributed by atoms with van der Waals surface area (Å²) in [5, 5.41) is 14.5. The molecule has 36 heavy (non-hydrogen) atoms. The lowest BCUT2D eigenvalue weighted by Gasteiger charge is -2.40. The highest BCUT2D eigenvalue weighted by Crippen LogP contribution is 2.40. The Morgan fingerprint density at radius 3 is 2.69 bits per heavy atom. The van der Waals surface area contributed by atoms with Crippen molar-refractivity contribution in [3.8, 4) is 27.7 Å². The van der Waals surface area contributed by atoms with Crippen LogP contribution in [0.3, 0.4) is 0 Å². The average molecular weight is 509 g/mol. The van der Waals surface area contributed by atoms with Crippen LogP contribution < -0.4 is 9.64 Å². The second kappa shape index (κ2) is 9.79. The molecule has 0 spiro atoms. The summed E-state index contributed by atoms with van der Waals surface area (Å²) >= 11 is 1.72. The van der Waals surface area contributed by atoms with Crippen molar-refractivity contribution in [2.75, 3.05) is 51.4 Å². The number of aromatic nitrogens is 6. The predicted octanol–water partition coefficient (Wildman–Crippen LogP) is 3.68. The van der Waals surface area contributed by atoms with Crippen LogP contribution in [0.5, 0.6) is 5.75 Å². The minimum atomic E-state index is 0.251. The highest BCUT2D eigenvalue weighted by molar-refractivity contribution is 7.18. The van der Waals surface area contributed by atoms with Gasteiger partial charge >= 0.3 is 0 Å². The van der Waals surface area contributed by atoms with Crippen molar-refractivity contribution in [1.29, 1.82) is 0 Å². The first-order chi connectivity index (χ1) is 17.6. The molecule has 0 aliphatic carbocycles. The second-order valence-corrected chi connectivity index (χ2v) is 10.7. The normalized spacial score (nSPS) is 17.9. The Balaban J connectivity index is 1.25. The fourth-order valence-electron chi connectivity index (χ4n) is 5.36. The van der Waals surface area contributed by atoms with Gasteiger partial charge in [-0.3, -0.25) is 10.00 Å². The Morgan fingerprint density at radius 1 is 1.14 bits per heavy atom. The Morgan fingerprint density at radius 2 is 1.94 bits per heavy atom. The number of thiazole rings is 1. The van der Waals surface area contributed by atoms with Crippen LogP contribution in [-0.4, -0.2) is 87.2 Å². The van der Waals surface area contributed by atoms with Crippen LogP contribution >= 0.6 is 11.3 Å². The molecule has 6 heterocycles. The molecule has 190 valence electrons. The van der Waals surface area contributed by atoms with Gasteiger partial charge in [-0.2, -0.15) is 10.2 Å². The molecule has 2 saturated heterocycles. The molecular weight excluding hydrogens is 476 g/mol. The third kappa shape index (κ3) is 4.25. The number of aromatic amines is 1. The number of hydrogen-bond donors (Lipinski definition) is 1. The Bertz CT molecular complexity index is 1330. The van der Waals surface area contributed by atoms with E-state index < -0.39 is 0 Å². The van der Waals surface area contributed by atoms with Crippen LogP contribution in [0.4, 0.5) is 5.00 Å². The first kappa shape index (κ1) is 23.4. The smallest absolute Gasteiger partial charge is 0.197 e. The molecule has 0 bridgehead atoms. The van der Waals surface area contributed by atoms with E-state index in [2.05, 4.69) is 38.8 Å². The minimum absolute atomic E-state index is 0.251. The van der Waals surface area contributed by atoms with Crippen molar-refractivity contribution < 1.29 is 9.47 Å². The van der Waals surface area contributed by atoms with Crippen LogP contribution in [0.2, 0.25) is 0 Å². The van der Waals surface area contributed by atoms with E-state index in [0.717, 1.165) is 79.8 Å². The molecule has 0 amide bonds. The second-order valence-electron chi connectivity index (χ2n) is 9.71. The number of methoxy groups -OCH3 is 1. The van der Waals surface area contributed by atoms with Crippen LogP contribution in [-0.2, 0) is 4.74 Å². The minimum Gasteiger partial charge on any atom is -0.493 e. The van der Waals surface area contributed by atoms with E-state index in [-0.39, 0.29) is 5.92 Å². The fourth-order valence-corrected chi connectivity index (χ4v) is 6.33. The number of ether oxygens (including phenoxy) is 2. The van der Waals surface area contributed by atoms with Crippen LogP contribution in [0.1, 0.15) is 38.2 Å². The lowest BCUT2D eigenvalue weighted by Crippen LogP contribution is -2.51. The van der Waals surface area contributed by atoms with Gasteiger partial charge in [0, 0.05) is 62.8 Å². The molecule has 2 aliphatic rings. The zero-order chi connectivity index (χ0) is 24.6. The van der Waals surface area contributed by atoms with Crippen molar-refractivity contribution in [2.45, 2.75) is 38.6 Å². The van der Waals surface area contributed by atoms with E-state index in [1.165, 1.54) is 11.3 Å². The zero-order valence-electron chi connectivity index (χ0n) is 21.0. The molecule has 10 nitrogen and oxygen atoms in total. The van der Waals surface area contributed by atoms with Gasteiger partial charge in [-0.1, -0.05) is 25.2 Å². The highest BCUT2D eigenvalue weighted by Gasteiger charge is 2.27. The first-order valence-corrected chi connectivity index (χ1v) is 13.4. The number of anilines is 1. The number of rotatable bonds is 6. The summed E-state index contributed by atoms with van der Waals surface area (Å²) in [6.45, 7) is 10.4. The molecule has 11 heteroatoms. The van der Waals surface area contributed by atoms with E-state index in [9.17, 15) is 0 Å². The maximum absolute atomic E-state index is 5.57. The molecule has 4 aromatic rings. The summed E-state index contributed by atoms with van der Waals surface area (Å²) in [7, 11) is 1.65. The monoisotopic (exact) mass is 508 g/mol. The third-order valence-corrected chi connectivity index (χ3v) is 8.33. The van der Waals surface area contributed by atoms with Crippen LogP contribution in [0.25, 0.3) is 27.6 Å². The number of pyridine rings is 1. The maximum atomic E-state index is 5.57. The Hall–Kier alpha value is -3.02. The van der Waals surface area contributed by atoms with E-state index in [4.69, 9.17) is 19.6 Å². The molecule has 0 aromatic carbocycles. The summed E-state index contributed by atoms with van der Waals surface area (Å²) < 4.78 is 12.9. The first-order valence-electron chi connectivity index (χ1n) is 12.6. The van der Waals surface area contributed by atoms with Gasteiger partial charge < -0.3 is 14.4 Å². The van der Waals surface area contributed by atoms with Crippen LogP contribution in [0.15, 0.2) is 24.8 Å². The van der Waals surface area contributed by atoms with Gasteiger partial charge in [0.2, 0.25) is 0 Å². The van der Waals surface area contributed by atoms with Crippen LogP contribution in [0, 0.1) is 0 Å². The summed E-state index contributed by atoms with van der Waals surface area (Å²) in [4.78, 5) is 14.2.